The molecule has 0 saturated carbocycles. The van der Waals surface area contributed by atoms with Crippen LogP contribution < -0.4 is 5.73 Å². The second kappa shape index (κ2) is 7.51. The Kier molecular flexibility index (Phi) is 5.36. The number of aromatic nitrogens is 1. The number of nitrogens with zero attached hydrogens (tertiary/aromatic N) is 1. The fourth-order valence-electron chi connectivity index (χ4n) is 4.43. The van der Waals surface area contributed by atoms with Crippen molar-refractivity contribution in [3.05, 3.63) is 42.5 Å². The molecule has 2 aromatic carbocycles. The molecular formula is C23H32N2. The minimum absolute atomic E-state index is 0.110. The molecule has 0 saturated heterocycles. The molecule has 1 unspecified atom stereocenters. The number of hydrogen-bond acceptors (Lipinski definition) is 1. The van der Waals surface area contributed by atoms with E-state index in [-0.39, 0.29) is 5.54 Å². The van der Waals surface area contributed by atoms with Crippen molar-refractivity contribution in [2.24, 2.45) is 0 Å². The van der Waals surface area contributed by atoms with Crippen molar-refractivity contribution in [1.82, 2.24) is 4.57 Å². The summed E-state index contributed by atoms with van der Waals surface area (Å²) in [6.45, 7) is 7.00. The van der Waals surface area contributed by atoms with Crippen LogP contribution in [-0.2, 0) is 5.54 Å². The van der Waals surface area contributed by atoms with Gasteiger partial charge in [0.05, 0.1) is 11.2 Å². The summed E-state index contributed by atoms with van der Waals surface area (Å²) in [5, 5.41) is 2.60. The molecule has 0 bridgehead atoms. The van der Waals surface area contributed by atoms with E-state index < -0.39 is 0 Å². The van der Waals surface area contributed by atoms with E-state index in [2.05, 4.69) is 61.7 Å². The second-order valence-electron chi connectivity index (χ2n) is 7.65. The van der Waals surface area contributed by atoms with Gasteiger partial charge in [0.1, 0.15) is 0 Å². The van der Waals surface area contributed by atoms with Crippen LogP contribution in [0.1, 0.15) is 65.7 Å². The zero-order valence-electron chi connectivity index (χ0n) is 16.0. The van der Waals surface area contributed by atoms with Crippen molar-refractivity contribution in [3.8, 4) is 0 Å². The number of rotatable bonds is 8. The van der Waals surface area contributed by atoms with Crippen LogP contribution in [0.3, 0.4) is 0 Å². The lowest BCUT2D eigenvalue weighted by Gasteiger charge is -2.34. The average Bonchev–Trinajstić information content (AvgIpc) is 2.96. The molecule has 3 rings (SSSR count). The normalized spacial score (nSPS) is 14.2. The van der Waals surface area contributed by atoms with Gasteiger partial charge < -0.3 is 10.3 Å². The molecule has 2 nitrogen and oxygen atoms in total. The van der Waals surface area contributed by atoms with Crippen molar-refractivity contribution < 1.29 is 0 Å². The zero-order valence-corrected chi connectivity index (χ0v) is 16.0. The van der Waals surface area contributed by atoms with Crippen LogP contribution in [0, 0.1) is 0 Å². The lowest BCUT2D eigenvalue weighted by atomic mass is 9.88. The Morgan fingerprint density at radius 2 is 1.60 bits per heavy atom. The summed E-state index contributed by atoms with van der Waals surface area (Å²) in [4.78, 5) is 0. The summed E-state index contributed by atoms with van der Waals surface area (Å²) in [5.41, 5.74) is 10.0. The molecule has 0 radical (unpaired) electrons. The quantitative estimate of drug-likeness (QED) is 0.353. The molecule has 0 aliphatic heterocycles. The minimum Gasteiger partial charge on any atom is -0.397 e. The predicted octanol–water partition coefficient (Wildman–Crippen LogP) is 6.86. The van der Waals surface area contributed by atoms with Crippen molar-refractivity contribution in [3.63, 3.8) is 0 Å². The van der Waals surface area contributed by atoms with E-state index in [9.17, 15) is 0 Å². The number of para-hydroxylation sites is 2. The highest BCUT2D eigenvalue weighted by molar-refractivity contribution is 6.11. The fraction of sp³-hybridized carbons (Fsp3) is 0.478. The summed E-state index contributed by atoms with van der Waals surface area (Å²) < 4.78 is 2.56. The first-order chi connectivity index (χ1) is 12.1. The van der Waals surface area contributed by atoms with Gasteiger partial charge in [-0.25, -0.2) is 0 Å². The number of unbranched alkanes of at least 4 members (excludes halogenated alkanes) is 3. The maximum atomic E-state index is 6.47. The molecule has 1 atom stereocenters. The van der Waals surface area contributed by atoms with Gasteiger partial charge in [0.25, 0.3) is 0 Å². The van der Waals surface area contributed by atoms with Crippen LogP contribution in [0.5, 0.6) is 0 Å². The molecular weight excluding hydrogens is 304 g/mol. The highest BCUT2D eigenvalue weighted by Crippen LogP contribution is 2.40. The standard InChI is InChI=1S/C23H32N2/c1-4-6-7-10-17-23(3,16-5-2)25-21-15-9-8-12-18(21)19-13-11-14-20(24)22(19)25/h8-9,11-15H,4-7,10,16-17,24H2,1-3H3. The van der Waals surface area contributed by atoms with Crippen LogP contribution in [0.25, 0.3) is 21.8 Å². The first-order valence-electron chi connectivity index (χ1n) is 9.90. The van der Waals surface area contributed by atoms with E-state index in [1.54, 1.807) is 0 Å². The van der Waals surface area contributed by atoms with E-state index in [1.165, 1.54) is 66.8 Å². The van der Waals surface area contributed by atoms with E-state index in [1.807, 2.05) is 6.07 Å². The van der Waals surface area contributed by atoms with Crippen molar-refractivity contribution >= 4 is 27.5 Å². The van der Waals surface area contributed by atoms with Gasteiger partial charge in [0.2, 0.25) is 0 Å². The summed E-state index contributed by atoms with van der Waals surface area (Å²) in [6.07, 6.45) is 8.80. The average molecular weight is 337 g/mol. The molecule has 2 N–H and O–H groups in total. The van der Waals surface area contributed by atoms with Gasteiger partial charge in [-0.3, -0.25) is 0 Å². The van der Waals surface area contributed by atoms with Crippen LogP contribution >= 0.6 is 0 Å². The molecule has 2 heteroatoms. The number of fused-ring (bicyclic) bond motifs is 3. The smallest absolute Gasteiger partial charge is 0.0730 e. The Labute approximate surface area is 152 Å². The van der Waals surface area contributed by atoms with Crippen molar-refractivity contribution in [2.45, 2.75) is 71.3 Å². The monoisotopic (exact) mass is 336 g/mol. The summed E-state index contributed by atoms with van der Waals surface area (Å²) >= 11 is 0. The first-order valence-corrected chi connectivity index (χ1v) is 9.90. The van der Waals surface area contributed by atoms with Crippen LogP contribution in [0.2, 0.25) is 0 Å². The first kappa shape index (κ1) is 17.8. The van der Waals surface area contributed by atoms with Crippen molar-refractivity contribution in [1.29, 1.82) is 0 Å². The number of anilines is 1. The Morgan fingerprint density at radius 3 is 2.36 bits per heavy atom. The zero-order chi connectivity index (χ0) is 17.9. The Balaban J connectivity index is 2.18. The number of benzene rings is 2. The topological polar surface area (TPSA) is 30.9 Å². The highest BCUT2D eigenvalue weighted by atomic mass is 15.1. The molecule has 0 aliphatic rings. The minimum atomic E-state index is 0.110. The van der Waals surface area contributed by atoms with E-state index >= 15 is 0 Å². The molecule has 0 amide bonds. The van der Waals surface area contributed by atoms with Gasteiger partial charge >= 0.3 is 0 Å². The SMILES string of the molecule is CCCCCCC(C)(CCC)n1c2ccccc2c2cccc(N)c21. The van der Waals surface area contributed by atoms with Gasteiger partial charge in [-0.2, -0.15) is 0 Å². The third-order valence-electron chi connectivity index (χ3n) is 5.62. The Morgan fingerprint density at radius 1 is 0.840 bits per heavy atom. The lowest BCUT2D eigenvalue weighted by molar-refractivity contribution is 0.274. The van der Waals surface area contributed by atoms with Crippen LogP contribution in [-0.4, -0.2) is 4.57 Å². The van der Waals surface area contributed by atoms with Crippen LogP contribution in [0.15, 0.2) is 42.5 Å². The van der Waals surface area contributed by atoms with Gasteiger partial charge in [-0.15, -0.1) is 0 Å². The maximum absolute atomic E-state index is 6.47. The van der Waals surface area contributed by atoms with Crippen LogP contribution in [0.4, 0.5) is 5.69 Å². The molecule has 0 aliphatic carbocycles. The Hall–Kier alpha value is -1.96. The highest BCUT2D eigenvalue weighted by Gasteiger charge is 2.29. The predicted molar refractivity (Wildman–Crippen MR) is 111 cm³/mol. The van der Waals surface area contributed by atoms with Gasteiger partial charge in [0.15, 0.2) is 0 Å². The number of nitrogen functional groups attached to an aromatic ring is 1. The number of nitrogens with two attached hydrogens (primary N) is 1. The van der Waals surface area contributed by atoms with Crippen molar-refractivity contribution in [2.75, 3.05) is 5.73 Å². The van der Waals surface area contributed by atoms with E-state index in [0.717, 1.165) is 5.69 Å². The summed E-state index contributed by atoms with van der Waals surface area (Å²) in [5.74, 6) is 0. The Bertz CT molecular complexity index is 846. The van der Waals surface area contributed by atoms with E-state index in [4.69, 9.17) is 5.73 Å². The molecule has 0 spiro atoms. The maximum Gasteiger partial charge on any atom is 0.0730 e. The molecule has 134 valence electrons. The largest absolute Gasteiger partial charge is 0.397 e. The summed E-state index contributed by atoms with van der Waals surface area (Å²) in [6, 6.07) is 15.1. The fourth-order valence-corrected chi connectivity index (χ4v) is 4.43. The van der Waals surface area contributed by atoms with Gasteiger partial charge in [-0.05, 0) is 31.9 Å². The molecule has 25 heavy (non-hydrogen) atoms. The van der Waals surface area contributed by atoms with Gasteiger partial charge in [-0.1, -0.05) is 76.3 Å². The number of hydrogen-bond donors (Lipinski definition) is 1. The lowest BCUT2D eigenvalue weighted by Crippen LogP contribution is -2.30. The third kappa shape index (κ3) is 3.27. The molecule has 1 heterocycles. The van der Waals surface area contributed by atoms with Gasteiger partial charge in [0, 0.05) is 21.8 Å². The molecule has 1 aromatic heterocycles. The molecule has 0 fully saturated rings. The second-order valence-corrected chi connectivity index (χ2v) is 7.65. The summed E-state index contributed by atoms with van der Waals surface area (Å²) in [7, 11) is 0. The third-order valence-corrected chi connectivity index (χ3v) is 5.62. The van der Waals surface area contributed by atoms with E-state index in [0.29, 0.717) is 0 Å². The molecule has 3 aromatic rings.